The van der Waals surface area contributed by atoms with Crippen molar-refractivity contribution in [3.63, 3.8) is 0 Å². The van der Waals surface area contributed by atoms with Crippen LogP contribution in [0, 0.1) is 6.92 Å². The van der Waals surface area contributed by atoms with Gasteiger partial charge in [-0.05, 0) is 25.1 Å². The highest BCUT2D eigenvalue weighted by Gasteiger charge is 2.41. The van der Waals surface area contributed by atoms with E-state index in [1.807, 2.05) is 0 Å². The number of fused-ring (bicyclic) bond motifs is 1. The number of rotatable bonds is 3. The Hall–Kier alpha value is -2.84. The van der Waals surface area contributed by atoms with E-state index in [0.29, 0.717) is 23.0 Å². The van der Waals surface area contributed by atoms with Crippen molar-refractivity contribution in [3.05, 3.63) is 47.3 Å². The maximum atomic E-state index is 13.1. The molecule has 1 unspecified atom stereocenters. The fourth-order valence-corrected chi connectivity index (χ4v) is 2.80. The van der Waals surface area contributed by atoms with Crippen LogP contribution in [0.2, 0.25) is 0 Å². The summed E-state index contributed by atoms with van der Waals surface area (Å²) in [6.45, 7) is 0.350. The van der Waals surface area contributed by atoms with Crippen molar-refractivity contribution in [3.8, 4) is 0 Å². The van der Waals surface area contributed by atoms with E-state index in [1.165, 1.54) is 6.07 Å². The minimum Gasteiger partial charge on any atom is -0.359 e. The van der Waals surface area contributed by atoms with Gasteiger partial charge in [-0.25, -0.2) is 9.97 Å². The van der Waals surface area contributed by atoms with E-state index in [-0.39, 0.29) is 5.56 Å². The SMILES string of the molecule is Cc1cc(C2Nc3ccccc3C(=O)N2CC(F)(F)F)nc(N(C)C)n1. The number of nitrogens with zero attached hydrogens (tertiary/aromatic N) is 4. The first-order valence-electron chi connectivity index (χ1n) is 7.92. The molecule has 0 saturated heterocycles. The number of anilines is 2. The standard InChI is InChI=1S/C17H18F3N5O/c1-10-8-13(23-16(21-10)24(2)3)14-22-12-7-5-4-6-11(12)15(26)25(14)9-17(18,19)20/h4-8,14,22H,9H2,1-3H3. The van der Waals surface area contributed by atoms with Gasteiger partial charge in [0, 0.05) is 25.5 Å². The van der Waals surface area contributed by atoms with Crippen LogP contribution in [0.15, 0.2) is 30.3 Å². The predicted octanol–water partition coefficient (Wildman–Crippen LogP) is 2.98. The Balaban J connectivity index is 2.09. The summed E-state index contributed by atoms with van der Waals surface area (Å²) in [7, 11) is 3.47. The average molecular weight is 365 g/mol. The van der Waals surface area contributed by atoms with Gasteiger partial charge >= 0.3 is 6.18 Å². The number of hydrogen-bond donors (Lipinski definition) is 1. The lowest BCUT2D eigenvalue weighted by Crippen LogP contribution is -2.47. The number of amides is 1. The molecular formula is C17H18F3N5O. The normalized spacial score (nSPS) is 16.9. The van der Waals surface area contributed by atoms with Gasteiger partial charge in [-0.1, -0.05) is 12.1 Å². The van der Waals surface area contributed by atoms with Crippen molar-refractivity contribution < 1.29 is 18.0 Å². The van der Waals surface area contributed by atoms with E-state index >= 15 is 0 Å². The van der Waals surface area contributed by atoms with E-state index in [0.717, 1.165) is 4.90 Å². The lowest BCUT2D eigenvalue weighted by Gasteiger charge is -2.38. The minimum atomic E-state index is -4.53. The Morgan fingerprint density at radius 2 is 1.92 bits per heavy atom. The number of aryl methyl sites for hydroxylation is 1. The molecule has 0 bridgehead atoms. The van der Waals surface area contributed by atoms with Crippen molar-refractivity contribution >= 4 is 17.5 Å². The monoisotopic (exact) mass is 365 g/mol. The van der Waals surface area contributed by atoms with Crippen LogP contribution in [0.5, 0.6) is 0 Å². The zero-order valence-corrected chi connectivity index (χ0v) is 14.5. The van der Waals surface area contributed by atoms with Crippen LogP contribution < -0.4 is 10.2 Å². The molecule has 0 saturated carbocycles. The molecule has 1 amide bonds. The Labute approximate surface area is 148 Å². The molecule has 26 heavy (non-hydrogen) atoms. The third kappa shape index (κ3) is 3.56. The number of halogens is 3. The van der Waals surface area contributed by atoms with Crippen molar-refractivity contribution in [1.82, 2.24) is 14.9 Å². The molecule has 0 fully saturated rings. The van der Waals surface area contributed by atoms with Crippen molar-refractivity contribution in [2.45, 2.75) is 19.3 Å². The van der Waals surface area contributed by atoms with Gasteiger partial charge in [-0.3, -0.25) is 4.79 Å². The lowest BCUT2D eigenvalue weighted by molar-refractivity contribution is -0.144. The largest absolute Gasteiger partial charge is 0.406 e. The Kier molecular flexibility index (Phi) is 4.47. The first kappa shape index (κ1) is 18.0. The fraction of sp³-hybridized carbons (Fsp3) is 0.353. The van der Waals surface area contributed by atoms with Crippen molar-refractivity contribution in [1.29, 1.82) is 0 Å². The van der Waals surface area contributed by atoms with Crippen LogP contribution in [-0.4, -0.2) is 47.6 Å². The van der Waals surface area contributed by atoms with Crippen LogP contribution in [-0.2, 0) is 0 Å². The first-order valence-corrected chi connectivity index (χ1v) is 7.92. The molecule has 1 aromatic heterocycles. The molecule has 2 heterocycles. The number of carbonyl (C=O) groups excluding carboxylic acids is 1. The summed E-state index contributed by atoms with van der Waals surface area (Å²) in [4.78, 5) is 23.7. The summed E-state index contributed by atoms with van der Waals surface area (Å²) in [6, 6.07) is 8.07. The summed E-state index contributed by atoms with van der Waals surface area (Å²) < 4.78 is 39.3. The van der Waals surface area contributed by atoms with Gasteiger partial charge in [0.2, 0.25) is 5.95 Å². The molecule has 2 aromatic rings. The zero-order valence-electron chi connectivity index (χ0n) is 14.5. The Morgan fingerprint density at radius 1 is 1.23 bits per heavy atom. The number of para-hydroxylation sites is 1. The summed E-state index contributed by atoms with van der Waals surface area (Å²) in [5.74, 6) is -0.329. The van der Waals surface area contributed by atoms with Crippen molar-refractivity contribution in [2.75, 3.05) is 30.9 Å². The van der Waals surface area contributed by atoms with Crippen LogP contribution in [0.25, 0.3) is 0 Å². The Bertz CT molecular complexity index is 837. The molecule has 1 aliphatic heterocycles. The summed E-state index contributed by atoms with van der Waals surface area (Å²) >= 11 is 0. The van der Waals surface area contributed by atoms with Gasteiger partial charge in [0.25, 0.3) is 5.91 Å². The van der Waals surface area contributed by atoms with Gasteiger partial charge in [0.05, 0.1) is 11.3 Å². The Morgan fingerprint density at radius 3 is 2.58 bits per heavy atom. The average Bonchev–Trinajstić information content (AvgIpc) is 2.55. The van der Waals surface area contributed by atoms with Gasteiger partial charge in [0.15, 0.2) is 0 Å². The highest BCUT2D eigenvalue weighted by atomic mass is 19.4. The molecule has 1 N–H and O–H groups in total. The van der Waals surface area contributed by atoms with E-state index < -0.39 is 24.8 Å². The number of nitrogens with one attached hydrogen (secondary N) is 1. The van der Waals surface area contributed by atoms with E-state index in [4.69, 9.17) is 0 Å². The lowest BCUT2D eigenvalue weighted by atomic mass is 10.1. The zero-order chi connectivity index (χ0) is 19.1. The summed E-state index contributed by atoms with van der Waals surface area (Å²) in [5, 5.41) is 3.01. The summed E-state index contributed by atoms with van der Waals surface area (Å²) in [6.07, 6.45) is -5.58. The molecule has 138 valence electrons. The molecule has 0 aliphatic carbocycles. The third-order valence-electron chi connectivity index (χ3n) is 3.91. The first-order chi connectivity index (χ1) is 12.2. The summed E-state index contributed by atoms with van der Waals surface area (Å²) in [5.41, 5.74) is 1.57. The second-order valence-corrected chi connectivity index (χ2v) is 6.27. The maximum Gasteiger partial charge on any atom is 0.406 e. The number of benzene rings is 1. The van der Waals surface area contributed by atoms with E-state index in [1.54, 1.807) is 50.2 Å². The van der Waals surface area contributed by atoms with Crippen LogP contribution in [0.3, 0.4) is 0 Å². The number of hydrogen-bond acceptors (Lipinski definition) is 5. The van der Waals surface area contributed by atoms with E-state index in [9.17, 15) is 18.0 Å². The number of alkyl halides is 3. The molecule has 0 radical (unpaired) electrons. The molecule has 1 aliphatic rings. The molecule has 0 spiro atoms. The molecule has 1 aromatic carbocycles. The van der Waals surface area contributed by atoms with Gasteiger partial charge in [-0.2, -0.15) is 13.2 Å². The molecule has 9 heteroatoms. The number of aromatic nitrogens is 2. The van der Waals surface area contributed by atoms with Crippen LogP contribution in [0.1, 0.15) is 27.9 Å². The van der Waals surface area contributed by atoms with E-state index in [2.05, 4.69) is 15.3 Å². The third-order valence-corrected chi connectivity index (χ3v) is 3.91. The topological polar surface area (TPSA) is 61.4 Å². The quantitative estimate of drug-likeness (QED) is 0.906. The maximum absolute atomic E-state index is 13.1. The van der Waals surface area contributed by atoms with Gasteiger partial charge in [0.1, 0.15) is 12.7 Å². The predicted molar refractivity (Wildman–Crippen MR) is 91.0 cm³/mol. The van der Waals surface area contributed by atoms with Crippen molar-refractivity contribution in [2.24, 2.45) is 0 Å². The fourth-order valence-electron chi connectivity index (χ4n) is 2.80. The smallest absolute Gasteiger partial charge is 0.359 e. The molecule has 1 atom stereocenters. The van der Waals surface area contributed by atoms with Crippen LogP contribution >= 0.6 is 0 Å². The highest BCUT2D eigenvalue weighted by molar-refractivity contribution is 6.01. The second-order valence-electron chi connectivity index (χ2n) is 6.27. The second kappa shape index (κ2) is 6.47. The molecule has 6 nitrogen and oxygen atoms in total. The highest BCUT2D eigenvalue weighted by Crippen LogP contribution is 2.35. The minimum absolute atomic E-state index is 0.201. The number of carbonyl (C=O) groups is 1. The molecule has 3 rings (SSSR count). The van der Waals surface area contributed by atoms with Crippen LogP contribution in [0.4, 0.5) is 24.8 Å². The van der Waals surface area contributed by atoms with Gasteiger partial charge < -0.3 is 15.1 Å². The van der Waals surface area contributed by atoms with Gasteiger partial charge in [-0.15, -0.1) is 0 Å². The molecular weight excluding hydrogens is 347 g/mol.